The molecule has 2 aromatic rings. The summed E-state index contributed by atoms with van der Waals surface area (Å²) in [5.74, 6) is 1.48. The van der Waals surface area contributed by atoms with Crippen molar-refractivity contribution in [3.63, 3.8) is 0 Å². The summed E-state index contributed by atoms with van der Waals surface area (Å²) >= 11 is 0. The van der Waals surface area contributed by atoms with Crippen LogP contribution in [-0.2, 0) is 22.7 Å². The summed E-state index contributed by atoms with van der Waals surface area (Å²) in [5, 5.41) is 0. The Bertz CT molecular complexity index is 1210. The molecule has 0 saturated carbocycles. The van der Waals surface area contributed by atoms with Gasteiger partial charge < -0.3 is 28.2 Å². The van der Waals surface area contributed by atoms with Crippen LogP contribution in [0.4, 0.5) is 9.59 Å². The van der Waals surface area contributed by atoms with Gasteiger partial charge in [0.15, 0.2) is 11.6 Å². The molecule has 0 aliphatic heterocycles. The summed E-state index contributed by atoms with van der Waals surface area (Å²) < 4.78 is 12.2. The number of Topliss-reactive ketones (excluding diaryl/α,β-unsaturated/α-hetero) is 2. The third-order valence-electron chi connectivity index (χ3n) is 8.48. The molecule has 2 amide bonds. The SMILES string of the molecule is CC[N+](C)(CC(=O)CCCCCCC(=O)C[N+](C)(CC)Cc1ccccc1OC(=O)N(C)C)Cc1ccccc1OC(=O)N(C)C. The second-order valence-electron chi connectivity index (χ2n) is 13.2. The molecular weight excluding hydrogens is 584 g/mol. The van der Waals surface area contributed by atoms with Crippen molar-refractivity contribution in [2.75, 3.05) is 68.5 Å². The van der Waals surface area contributed by atoms with Crippen LogP contribution in [0.2, 0.25) is 0 Å². The fourth-order valence-corrected chi connectivity index (χ4v) is 5.23. The molecule has 0 N–H and O–H groups in total. The second kappa shape index (κ2) is 18.4. The fourth-order valence-electron chi connectivity index (χ4n) is 5.23. The van der Waals surface area contributed by atoms with E-state index in [1.54, 1.807) is 40.3 Å². The molecule has 0 aliphatic rings. The van der Waals surface area contributed by atoms with Gasteiger partial charge in [-0.1, -0.05) is 37.1 Å². The zero-order valence-electron chi connectivity index (χ0n) is 29.3. The minimum absolute atomic E-state index is 0.218. The average molecular weight is 641 g/mol. The van der Waals surface area contributed by atoms with E-state index in [1.165, 1.54) is 9.80 Å². The number of ether oxygens (including phenoxy) is 2. The van der Waals surface area contributed by atoms with Crippen LogP contribution < -0.4 is 9.47 Å². The van der Waals surface area contributed by atoms with E-state index in [1.807, 2.05) is 36.4 Å². The Labute approximate surface area is 276 Å². The van der Waals surface area contributed by atoms with Crippen LogP contribution in [0.5, 0.6) is 11.5 Å². The zero-order valence-corrected chi connectivity index (χ0v) is 29.3. The molecule has 0 radical (unpaired) electrons. The highest BCUT2D eigenvalue weighted by atomic mass is 16.6. The van der Waals surface area contributed by atoms with Crippen molar-refractivity contribution in [3.8, 4) is 11.5 Å². The first-order chi connectivity index (χ1) is 21.7. The lowest BCUT2D eigenvalue weighted by atomic mass is 10.1. The van der Waals surface area contributed by atoms with Crippen molar-refractivity contribution in [2.45, 2.75) is 65.5 Å². The van der Waals surface area contributed by atoms with Crippen LogP contribution in [0.25, 0.3) is 0 Å². The van der Waals surface area contributed by atoms with Crippen molar-refractivity contribution in [1.29, 1.82) is 0 Å². The molecule has 46 heavy (non-hydrogen) atoms. The van der Waals surface area contributed by atoms with Gasteiger partial charge in [-0.2, -0.15) is 0 Å². The molecule has 10 nitrogen and oxygen atoms in total. The van der Waals surface area contributed by atoms with Gasteiger partial charge in [-0.25, -0.2) is 9.59 Å². The van der Waals surface area contributed by atoms with Gasteiger partial charge in [0.1, 0.15) is 37.7 Å². The van der Waals surface area contributed by atoms with E-state index in [0.717, 1.165) is 49.9 Å². The number of benzene rings is 2. The minimum atomic E-state index is -0.430. The molecule has 2 unspecified atom stereocenters. The van der Waals surface area contributed by atoms with Crippen LogP contribution in [0.3, 0.4) is 0 Å². The Kier molecular flexibility index (Phi) is 15.4. The van der Waals surface area contributed by atoms with Gasteiger partial charge in [0.2, 0.25) is 0 Å². The summed E-state index contributed by atoms with van der Waals surface area (Å²) in [7, 11) is 10.7. The number of para-hydroxylation sites is 2. The van der Waals surface area contributed by atoms with E-state index in [4.69, 9.17) is 9.47 Å². The summed E-state index contributed by atoms with van der Waals surface area (Å²) in [5.41, 5.74) is 1.79. The van der Waals surface area contributed by atoms with E-state index < -0.39 is 12.2 Å². The molecule has 2 rings (SSSR count). The van der Waals surface area contributed by atoms with Gasteiger partial charge >= 0.3 is 12.2 Å². The molecule has 2 aromatic carbocycles. The normalized spacial score (nSPS) is 13.7. The van der Waals surface area contributed by atoms with Crippen molar-refractivity contribution in [1.82, 2.24) is 9.80 Å². The number of hydrogen-bond donors (Lipinski definition) is 0. The third-order valence-corrected chi connectivity index (χ3v) is 8.48. The molecule has 10 heteroatoms. The second-order valence-corrected chi connectivity index (χ2v) is 13.2. The maximum atomic E-state index is 13.0. The highest BCUT2D eigenvalue weighted by molar-refractivity contribution is 5.80. The quantitative estimate of drug-likeness (QED) is 0.140. The summed E-state index contributed by atoms with van der Waals surface area (Å²) in [4.78, 5) is 52.9. The molecule has 0 heterocycles. The molecule has 0 bridgehead atoms. The Morgan fingerprint density at radius 3 is 1.26 bits per heavy atom. The van der Waals surface area contributed by atoms with Crippen LogP contribution in [0, 0.1) is 0 Å². The first kappa shape index (κ1) is 38.4. The predicted octanol–water partition coefficient (Wildman–Crippen LogP) is 5.92. The summed E-state index contributed by atoms with van der Waals surface area (Å²) in [6, 6.07) is 15.0. The van der Waals surface area contributed by atoms with Gasteiger partial charge in [-0.05, 0) is 51.0 Å². The lowest BCUT2D eigenvalue weighted by molar-refractivity contribution is -0.913. The number of carbonyl (C=O) groups excluding carboxylic acids is 4. The molecule has 0 fully saturated rings. The smallest absolute Gasteiger partial charge is 0.410 e. The van der Waals surface area contributed by atoms with Crippen molar-refractivity contribution < 1.29 is 37.6 Å². The van der Waals surface area contributed by atoms with E-state index in [2.05, 4.69) is 27.9 Å². The van der Waals surface area contributed by atoms with Gasteiger partial charge in [0.25, 0.3) is 0 Å². The topological polar surface area (TPSA) is 93.2 Å². The van der Waals surface area contributed by atoms with Crippen LogP contribution in [0.1, 0.15) is 63.5 Å². The molecule has 0 aromatic heterocycles. The third kappa shape index (κ3) is 12.9. The predicted molar refractivity (Wildman–Crippen MR) is 181 cm³/mol. The van der Waals surface area contributed by atoms with E-state index in [0.29, 0.717) is 59.5 Å². The minimum Gasteiger partial charge on any atom is -0.410 e. The largest absolute Gasteiger partial charge is 0.414 e. The number of likely N-dealkylation sites (N-methyl/N-ethyl adjacent to an activating group) is 2. The van der Waals surface area contributed by atoms with E-state index in [9.17, 15) is 19.2 Å². The number of amides is 2. The number of quaternary nitrogens is 2. The maximum absolute atomic E-state index is 13.0. The van der Waals surface area contributed by atoms with Gasteiger partial charge in [-0.3, -0.25) is 9.59 Å². The summed E-state index contributed by atoms with van der Waals surface area (Å²) in [6.07, 6.45) is 3.59. The lowest BCUT2D eigenvalue weighted by Crippen LogP contribution is -2.46. The maximum Gasteiger partial charge on any atom is 0.414 e. The molecule has 0 aliphatic carbocycles. The number of ketones is 2. The monoisotopic (exact) mass is 640 g/mol. The van der Waals surface area contributed by atoms with Gasteiger partial charge in [0.05, 0.1) is 27.2 Å². The number of hydrogen-bond acceptors (Lipinski definition) is 6. The van der Waals surface area contributed by atoms with Crippen molar-refractivity contribution >= 4 is 23.8 Å². The summed E-state index contributed by atoms with van der Waals surface area (Å²) in [6.45, 7) is 7.68. The molecule has 0 spiro atoms. The number of unbranched alkanes of at least 4 members (excludes halogenated alkanes) is 3. The standard InChI is InChI=1S/C36H56N4O6/c1-9-39(7,25-29-19-15-17-23-33(29)45-35(43)37(3)4)27-31(41)21-13-11-12-14-22-32(42)28-40(8,10-2)26-30-20-16-18-24-34(30)46-36(44)38(5)6/h15-20,23-24H,9-14,21-22,25-28H2,1-8H3/q+2. The van der Waals surface area contributed by atoms with Gasteiger partial charge in [-0.15, -0.1) is 0 Å². The Morgan fingerprint density at radius 1 is 0.587 bits per heavy atom. The number of rotatable bonds is 19. The average Bonchev–Trinajstić information content (AvgIpc) is 3.00. The molecular formula is C36H56N4O6+2. The van der Waals surface area contributed by atoms with Crippen molar-refractivity contribution in [2.24, 2.45) is 0 Å². The first-order valence-electron chi connectivity index (χ1n) is 16.4. The number of carbonyl (C=O) groups is 4. The first-order valence-corrected chi connectivity index (χ1v) is 16.4. The highest BCUT2D eigenvalue weighted by Crippen LogP contribution is 2.25. The Hall–Kier alpha value is -3.76. The zero-order chi connectivity index (χ0) is 34.3. The highest BCUT2D eigenvalue weighted by Gasteiger charge is 2.27. The molecule has 2 atom stereocenters. The fraction of sp³-hybridized carbons (Fsp3) is 0.556. The Morgan fingerprint density at radius 2 is 0.935 bits per heavy atom. The molecule has 254 valence electrons. The van der Waals surface area contributed by atoms with E-state index in [-0.39, 0.29) is 11.6 Å². The van der Waals surface area contributed by atoms with Crippen LogP contribution in [-0.4, -0.2) is 111 Å². The number of nitrogens with zero attached hydrogens (tertiary/aromatic N) is 4. The Balaban J connectivity index is 1.79. The molecule has 0 saturated heterocycles. The van der Waals surface area contributed by atoms with Crippen LogP contribution >= 0.6 is 0 Å². The van der Waals surface area contributed by atoms with Gasteiger partial charge in [0, 0.05) is 52.2 Å². The van der Waals surface area contributed by atoms with Crippen molar-refractivity contribution in [3.05, 3.63) is 59.7 Å². The lowest BCUT2D eigenvalue weighted by Gasteiger charge is -2.33. The van der Waals surface area contributed by atoms with Crippen LogP contribution in [0.15, 0.2) is 48.5 Å². The van der Waals surface area contributed by atoms with E-state index >= 15 is 0 Å².